The van der Waals surface area contributed by atoms with E-state index in [1.54, 1.807) is 0 Å². The van der Waals surface area contributed by atoms with Gasteiger partial charge in [-0.05, 0) is 31.0 Å². The number of carbonyl (C=O) groups excluding carboxylic acids is 1. The number of piperidine rings is 1. The van der Waals surface area contributed by atoms with Crippen LogP contribution < -0.4 is 5.32 Å². The quantitative estimate of drug-likeness (QED) is 0.880. The molecule has 0 saturated carbocycles. The zero-order chi connectivity index (χ0) is 16.8. The summed E-state index contributed by atoms with van der Waals surface area (Å²) in [6, 6.07) is 21.3. The van der Waals surface area contributed by atoms with E-state index in [1.807, 2.05) is 48.3 Å². The second-order valence-electron chi connectivity index (χ2n) is 6.52. The summed E-state index contributed by atoms with van der Waals surface area (Å²) in [5.74, 6) is 0.393. The van der Waals surface area contributed by atoms with Gasteiger partial charge in [0, 0.05) is 31.5 Å². The molecular weight excluding hydrogens is 332 g/mol. The average molecular weight is 359 g/mol. The van der Waals surface area contributed by atoms with Crippen LogP contribution >= 0.6 is 12.4 Å². The van der Waals surface area contributed by atoms with E-state index < -0.39 is 0 Å². The molecule has 0 aliphatic carbocycles. The van der Waals surface area contributed by atoms with Crippen molar-refractivity contribution in [1.29, 1.82) is 0 Å². The van der Waals surface area contributed by atoms with E-state index >= 15 is 0 Å². The van der Waals surface area contributed by atoms with Gasteiger partial charge in [-0.1, -0.05) is 60.7 Å². The minimum absolute atomic E-state index is 0. The van der Waals surface area contributed by atoms with Crippen LogP contribution in [0.5, 0.6) is 0 Å². The Hall–Kier alpha value is -1.84. The largest absolute Gasteiger partial charge is 0.343 e. The van der Waals surface area contributed by atoms with E-state index in [1.165, 1.54) is 11.1 Å². The standard InChI is InChI=1S/C21H26N2O.ClH/c1-22-19-12-14-23(15-13-19)21(24)16-20(17-8-4-2-5-9-17)18-10-6-3-7-11-18;/h2-11,19-20,22H,12-16H2,1H3;1H. The molecule has 1 fully saturated rings. The van der Waals surface area contributed by atoms with Crippen LogP contribution in [0.3, 0.4) is 0 Å². The molecular formula is C21H27ClN2O. The minimum Gasteiger partial charge on any atom is -0.343 e. The molecule has 2 aromatic rings. The van der Waals surface area contributed by atoms with Gasteiger partial charge in [0.15, 0.2) is 0 Å². The van der Waals surface area contributed by atoms with Crippen LogP contribution in [0, 0.1) is 0 Å². The second-order valence-corrected chi connectivity index (χ2v) is 6.52. The van der Waals surface area contributed by atoms with E-state index in [0.29, 0.717) is 12.5 Å². The topological polar surface area (TPSA) is 32.3 Å². The van der Waals surface area contributed by atoms with E-state index in [9.17, 15) is 4.79 Å². The second kappa shape index (κ2) is 9.59. The fourth-order valence-electron chi connectivity index (χ4n) is 3.52. The zero-order valence-corrected chi connectivity index (χ0v) is 15.5. The number of likely N-dealkylation sites (tertiary alicyclic amines) is 1. The number of carbonyl (C=O) groups is 1. The van der Waals surface area contributed by atoms with Crippen molar-refractivity contribution in [3.8, 4) is 0 Å². The van der Waals surface area contributed by atoms with Crippen LogP contribution in [0.25, 0.3) is 0 Å². The monoisotopic (exact) mass is 358 g/mol. The molecule has 1 amide bonds. The predicted molar refractivity (Wildman–Crippen MR) is 105 cm³/mol. The molecule has 3 rings (SSSR count). The Morgan fingerprint density at radius 1 is 1.00 bits per heavy atom. The highest BCUT2D eigenvalue weighted by molar-refractivity contribution is 5.85. The molecule has 0 spiro atoms. The molecule has 0 unspecified atom stereocenters. The highest BCUT2D eigenvalue weighted by atomic mass is 35.5. The van der Waals surface area contributed by atoms with Gasteiger partial charge in [0.05, 0.1) is 0 Å². The van der Waals surface area contributed by atoms with Crippen molar-refractivity contribution >= 4 is 18.3 Å². The number of benzene rings is 2. The lowest BCUT2D eigenvalue weighted by molar-refractivity contribution is -0.132. The van der Waals surface area contributed by atoms with Gasteiger partial charge < -0.3 is 10.2 Å². The van der Waals surface area contributed by atoms with Crippen LogP contribution in [-0.2, 0) is 4.79 Å². The maximum absolute atomic E-state index is 12.9. The van der Waals surface area contributed by atoms with Crippen molar-refractivity contribution in [2.75, 3.05) is 20.1 Å². The normalized spacial score (nSPS) is 15.0. The number of rotatable bonds is 5. The first-order valence-electron chi connectivity index (χ1n) is 8.83. The predicted octanol–water partition coefficient (Wildman–Crippen LogP) is 3.84. The Labute approximate surface area is 156 Å². The first kappa shape index (κ1) is 19.5. The van der Waals surface area contributed by atoms with Gasteiger partial charge >= 0.3 is 0 Å². The molecule has 3 nitrogen and oxygen atoms in total. The van der Waals surface area contributed by atoms with E-state index in [-0.39, 0.29) is 24.2 Å². The van der Waals surface area contributed by atoms with Gasteiger partial charge in [0.25, 0.3) is 0 Å². The third-order valence-corrected chi connectivity index (χ3v) is 5.04. The Bertz CT molecular complexity index is 600. The van der Waals surface area contributed by atoms with Crippen molar-refractivity contribution in [2.24, 2.45) is 0 Å². The smallest absolute Gasteiger partial charge is 0.223 e. The summed E-state index contributed by atoms with van der Waals surface area (Å²) in [6.07, 6.45) is 2.63. The Balaban J connectivity index is 0.00000225. The van der Waals surface area contributed by atoms with Crippen molar-refractivity contribution in [3.05, 3.63) is 71.8 Å². The van der Waals surface area contributed by atoms with Gasteiger partial charge in [0.2, 0.25) is 5.91 Å². The molecule has 134 valence electrons. The first-order valence-corrected chi connectivity index (χ1v) is 8.83. The molecule has 0 atom stereocenters. The molecule has 1 heterocycles. The average Bonchev–Trinajstić information content (AvgIpc) is 2.67. The highest BCUT2D eigenvalue weighted by Crippen LogP contribution is 2.29. The van der Waals surface area contributed by atoms with Crippen molar-refractivity contribution < 1.29 is 4.79 Å². The SMILES string of the molecule is CNC1CCN(C(=O)CC(c2ccccc2)c2ccccc2)CC1.Cl. The molecule has 1 saturated heterocycles. The number of halogens is 1. The first-order chi connectivity index (χ1) is 11.8. The van der Waals surface area contributed by atoms with Gasteiger partial charge in [-0.3, -0.25) is 4.79 Å². The minimum atomic E-state index is 0. The van der Waals surface area contributed by atoms with Crippen LogP contribution in [0.15, 0.2) is 60.7 Å². The van der Waals surface area contributed by atoms with Crippen LogP contribution in [0.2, 0.25) is 0 Å². The zero-order valence-electron chi connectivity index (χ0n) is 14.7. The fourth-order valence-corrected chi connectivity index (χ4v) is 3.52. The third-order valence-electron chi connectivity index (χ3n) is 5.04. The van der Waals surface area contributed by atoms with Crippen LogP contribution in [-0.4, -0.2) is 37.0 Å². The molecule has 4 heteroatoms. The third kappa shape index (κ3) is 5.07. The van der Waals surface area contributed by atoms with Gasteiger partial charge in [-0.15, -0.1) is 12.4 Å². The molecule has 1 aliphatic heterocycles. The fraction of sp³-hybridized carbons (Fsp3) is 0.381. The molecule has 0 bridgehead atoms. The van der Waals surface area contributed by atoms with E-state index in [0.717, 1.165) is 25.9 Å². The summed E-state index contributed by atoms with van der Waals surface area (Å²) >= 11 is 0. The van der Waals surface area contributed by atoms with Crippen molar-refractivity contribution in [3.63, 3.8) is 0 Å². The maximum Gasteiger partial charge on any atom is 0.223 e. The summed E-state index contributed by atoms with van der Waals surface area (Å²) in [7, 11) is 2.00. The number of hydrogen-bond donors (Lipinski definition) is 1. The van der Waals surface area contributed by atoms with Crippen molar-refractivity contribution in [1.82, 2.24) is 10.2 Å². The molecule has 2 aromatic carbocycles. The Kier molecular flexibility index (Phi) is 7.48. The molecule has 1 N–H and O–H groups in total. The van der Waals surface area contributed by atoms with Crippen molar-refractivity contribution in [2.45, 2.75) is 31.2 Å². The lowest BCUT2D eigenvalue weighted by Gasteiger charge is -2.33. The Morgan fingerprint density at radius 2 is 1.48 bits per heavy atom. The molecule has 0 aromatic heterocycles. The summed E-state index contributed by atoms with van der Waals surface area (Å²) in [6.45, 7) is 1.72. The van der Waals surface area contributed by atoms with Gasteiger partial charge in [0.1, 0.15) is 0 Å². The van der Waals surface area contributed by atoms with Crippen LogP contribution in [0.1, 0.15) is 36.3 Å². The lowest BCUT2D eigenvalue weighted by Crippen LogP contribution is -2.44. The molecule has 25 heavy (non-hydrogen) atoms. The summed E-state index contributed by atoms with van der Waals surface area (Å²) in [5.41, 5.74) is 2.42. The summed E-state index contributed by atoms with van der Waals surface area (Å²) in [5, 5.41) is 3.32. The van der Waals surface area contributed by atoms with Gasteiger partial charge in [-0.2, -0.15) is 0 Å². The number of nitrogens with one attached hydrogen (secondary N) is 1. The number of amides is 1. The number of hydrogen-bond acceptors (Lipinski definition) is 2. The maximum atomic E-state index is 12.9. The molecule has 0 radical (unpaired) electrons. The van der Waals surface area contributed by atoms with Crippen LogP contribution in [0.4, 0.5) is 0 Å². The molecule has 1 aliphatic rings. The van der Waals surface area contributed by atoms with Gasteiger partial charge in [-0.25, -0.2) is 0 Å². The van der Waals surface area contributed by atoms with E-state index in [2.05, 4.69) is 29.6 Å². The number of nitrogens with zero attached hydrogens (tertiary/aromatic N) is 1. The highest BCUT2D eigenvalue weighted by Gasteiger charge is 2.25. The lowest BCUT2D eigenvalue weighted by atomic mass is 9.88. The summed E-state index contributed by atoms with van der Waals surface area (Å²) < 4.78 is 0. The summed E-state index contributed by atoms with van der Waals surface area (Å²) in [4.78, 5) is 14.9. The van der Waals surface area contributed by atoms with E-state index in [4.69, 9.17) is 0 Å². The Morgan fingerprint density at radius 3 is 1.92 bits per heavy atom.